The molecule has 8 heteroatoms. The first-order valence-corrected chi connectivity index (χ1v) is 16.2. The summed E-state index contributed by atoms with van der Waals surface area (Å²) >= 11 is 0. The predicted octanol–water partition coefficient (Wildman–Crippen LogP) is 7.16. The first-order chi connectivity index (χ1) is 21.1. The predicted molar refractivity (Wildman–Crippen MR) is 177 cm³/mol. The van der Waals surface area contributed by atoms with E-state index in [0.717, 1.165) is 39.8 Å². The summed E-state index contributed by atoms with van der Waals surface area (Å²) in [5.74, 6) is 0.170. The van der Waals surface area contributed by atoms with Gasteiger partial charge in [0.15, 0.2) is 0 Å². The number of esters is 2. The van der Waals surface area contributed by atoms with Crippen molar-refractivity contribution in [1.29, 1.82) is 0 Å². The van der Waals surface area contributed by atoms with Crippen LogP contribution in [0.2, 0.25) is 0 Å². The highest BCUT2D eigenvalue weighted by Gasteiger charge is 2.21. The molecule has 0 saturated heterocycles. The number of rotatable bonds is 18. The third-order valence-corrected chi connectivity index (χ3v) is 7.54. The van der Waals surface area contributed by atoms with Gasteiger partial charge in [0.05, 0.1) is 13.2 Å². The first-order valence-electron chi connectivity index (χ1n) is 16.2. The average Bonchev–Trinajstić information content (AvgIpc) is 2.95. The van der Waals surface area contributed by atoms with E-state index in [-0.39, 0.29) is 22.8 Å². The lowest BCUT2D eigenvalue weighted by Gasteiger charge is -2.22. The van der Waals surface area contributed by atoms with Crippen molar-refractivity contribution in [3.63, 3.8) is 0 Å². The molecule has 0 aliphatic carbocycles. The Morgan fingerprint density at radius 1 is 0.578 bits per heavy atom. The molecule has 0 aliphatic heterocycles. The van der Waals surface area contributed by atoms with Crippen LogP contribution in [0.3, 0.4) is 0 Å². The number of hydrogen-bond acceptors (Lipinski definition) is 8. The molecular formula is C37H56O8. The van der Waals surface area contributed by atoms with Crippen molar-refractivity contribution in [1.82, 2.24) is 0 Å². The second-order valence-corrected chi connectivity index (χ2v) is 13.8. The third-order valence-electron chi connectivity index (χ3n) is 7.54. The van der Waals surface area contributed by atoms with Gasteiger partial charge in [-0.15, -0.1) is 0 Å². The number of carbonyl (C=O) groups excluding carboxylic acids is 2. The third kappa shape index (κ3) is 13.8. The number of benzene rings is 2. The minimum Gasteiger partial charge on any atom is -0.507 e. The Hall–Kier alpha value is -3.10. The van der Waals surface area contributed by atoms with Crippen LogP contribution < -0.4 is 0 Å². The molecule has 2 N–H and O–H groups in total. The van der Waals surface area contributed by atoms with Crippen LogP contribution in [0, 0.1) is 13.8 Å². The minimum absolute atomic E-state index is 0.178. The van der Waals surface area contributed by atoms with Crippen LogP contribution in [0.25, 0.3) is 0 Å². The van der Waals surface area contributed by atoms with Gasteiger partial charge >= 0.3 is 11.9 Å². The van der Waals surface area contributed by atoms with E-state index in [0.29, 0.717) is 89.7 Å². The van der Waals surface area contributed by atoms with E-state index < -0.39 is 0 Å². The Morgan fingerprint density at radius 3 is 1.24 bits per heavy atom. The number of aromatic hydroxyl groups is 2. The summed E-state index contributed by atoms with van der Waals surface area (Å²) in [7, 11) is 0. The van der Waals surface area contributed by atoms with Gasteiger partial charge in [-0.2, -0.15) is 0 Å². The fourth-order valence-corrected chi connectivity index (χ4v) is 4.94. The maximum absolute atomic E-state index is 12.2. The summed E-state index contributed by atoms with van der Waals surface area (Å²) < 4.78 is 21.9. The molecule has 0 heterocycles. The monoisotopic (exact) mass is 628 g/mol. The molecule has 0 saturated carbocycles. The Kier molecular flexibility index (Phi) is 15.4. The van der Waals surface area contributed by atoms with Gasteiger partial charge in [-0.3, -0.25) is 9.59 Å². The molecule has 2 aromatic rings. The highest BCUT2D eigenvalue weighted by atomic mass is 16.5. The molecule has 2 aromatic carbocycles. The summed E-state index contributed by atoms with van der Waals surface area (Å²) in [6.45, 7) is 18.9. The second kappa shape index (κ2) is 18.1. The largest absolute Gasteiger partial charge is 0.507 e. The van der Waals surface area contributed by atoms with Crippen LogP contribution in [-0.4, -0.2) is 61.8 Å². The maximum atomic E-state index is 12.2. The number of phenols is 2. The summed E-state index contributed by atoms with van der Waals surface area (Å²) in [5, 5.41) is 20.8. The Morgan fingerprint density at radius 2 is 0.911 bits per heavy atom. The van der Waals surface area contributed by atoms with Crippen molar-refractivity contribution in [2.45, 2.75) is 111 Å². The quantitative estimate of drug-likeness (QED) is 0.132. The van der Waals surface area contributed by atoms with Crippen LogP contribution >= 0.6 is 0 Å². The molecule has 0 aromatic heterocycles. The molecule has 0 bridgehead atoms. The summed E-state index contributed by atoms with van der Waals surface area (Å²) in [6.07, 6.45) is 3.75. The second-order valence-electron chi connectivity index (χ2n) is 13.8. The lowest BCUT2D eigenvalue weighted by molar-refractivity contribution is -0.144. The van der Waals surface area contributed by atoms with Crippen LogP contribution in [0.1, 0.15) is 107 Å². The number of aryl methyl sites for hydroxylation is 4. The average molecular weight is 629 g/mol. The number of carbonyl (C=O) groups is 2. The molecule has 2 rings (SSSR count). The molecule has 45 heavy (non-hydrogen) atoms. The fourth-order valence-electron chi connectivity index (χ4n) is 4.94. The molecule has 252 valence electrons. The van der Waals surface area contributed by atoms with Crippen LogP contribution in [0.15, 0.2) is 24.3 Å². The molecule has 0 atom stereocenters. The van der Waals surface area contributed by atoms with Crippen molar-refractivity contribution >= 4 is 11.9 Å². The highest BCUT2D eigenvalue weighted by molar-refractivity contribution is 5.70. The lowest BCUT2D eigenvalue weighted by Crippen LogP contribution is -2.13. The summed E-state index contributed by atoms with van der Waals surface area (Å²) in [6, 6.07) is 7.81. The van der Waals surface area contributed by atoms with Crippen molar-refractivity contribution in [3.05, 3.63) is 57.6 Å². The van der Waals surface area contributed by atoms with Gasteiger partial charge < -0.3 is 29.2 Å². The Labute approximate surface area is 270 Å². The normalized spacial score (nSPS) is 11.9. The van der Waals surface area contributed by atoms with Gasteiger partial charge in [0.2, 0.25) is 0 Å². The van der Waals surface area contributed by atoms with Gasteiger partial charge in [0, 0.05) is 52.1 Å². The Balaban J connectivity index is 1.46. The van der Waals surface area contributed by atoms with Gasteiger partial charge in [-0.1, -0.05) is 65.8 Å². The van der Waals surface area contributed by atoms with Crippen LogP contribution in [0.4, 0.5) is 0 Å². The Bertz CT molecular complexity index is 1140. The van der Waals surface area contributed by atoms with E-state index >= 15 is 0 Å². The van der Waals surface area contributed by atoms with Gasteiger partial charge in [0.1, 0.15) is 11.5 Å². The molecular weight excluding hydrogens is 572 g/mol. The molecule has 0 fully saturated rings. The molecule has 0 spiro atoms. The fraction of sp³-hybridized carbons (Fsp3) is 0.622. The maximum Gasteiger partial charge on any atom is 0.306 e. The van der Waals surface area contributed by atoms with Crippen LogP contribution in [0.5, 0.6) is 11.5 Å². The van der Waals surface area contributed by atoms with Gasteiger partial charge in [-0.05, 0) is 77.3 Å². The van der Waals surface area contributed by atoms with E-state index in [1.165, 1.54) is 0 Å². The van der Waals surface area contributed by atoms with Gasteiger partial charge in [-0.25, -0.2) is 0 Å². The van der Waals surface area contributed by atoms with E-state index in [2.05, 4.69) is 41.5 Å². The van der Waals surface area contributed by atoms with E-state index in [1.807, 2.05) is 38.1 Å². The van der Waals surface area contributed by atoms with Crippen molar-refractivity contribution in [2.24, 2.45) is 0 Å². The van der Waals surface area contributed by atoms with E-state index in [9.17, 15) is 19.8 Å². The zero-order valence-electron chi connectivity index (χ0n) is 28.8. The molecule has 0 radical (unpaired) electrons. The number of phenolic OH excluding ortho intramolecular Hbond substituents is 2. The number of hydrogen-bond donors (Lipinski definition) is 2. The molecule has 0 aliphatic rings. The smallest absolute Gasteiger partial charge is 0.306 e. The zero-order chi connectivity index (χ0) is 33.6. The van der Waals surface area contributed by atoms with Crippen molar-refractivity contribution in [2.75, 3.05) is 39.6 Å². The standard InChI is InChI=1S/C37H56O8/c1-26-22-28(24-30(34(26)40)36(3,4)5)12-14-32(38)44-20-10-18-42-16-9-17-43-19-11-21-45-33(39)15-13-29-23-27(2)35(41)31(25-29)37(6,7)8/h22-25,40-41H,9-21H2,1-8H3. The summed E-state index contributed by atoms with van der Waals surface area (Å²) in [5.41, 5.74) is 5.09. The van der Waals surface area contributed by atoms with E-state index in [1.54, 1.807) is 0 Å². The highest BCUT2D eigenvalue weighted by Crippen LogP contribution is 2.35. The molecule has 0 amide bonds. The SMILES string of the molecule is Cc1cc(CCC(=O)OCCCOCCCOCCCOC(=O)CCc2cc(C)c(O)c(C(C)(C)C)c2)cc(C(C)(C)C)c1O. The zero-order valence-corrected chi connectivity index (χ0v) is 28.8. The topological polar surface area (TPSA) is 112 Å². The van der Waals surface area contributed by atoms with Crippen molar-refractivity contribution in [3.8, 4) is 11.5 Å². The summed E-state index contributed by atoms with van der Waals surface area (Å²) in [4.78, 5) is 24.3. The number of ether oxygens (including phenoxy) is 4. The lowest BCUT2D eigenvalue weighted by atomic mass is 9.83. The first kappa shape index (κ1) is 38.1. The van der Waals surface area contributed by atoms with Crippen molar-refractivity contribution < 1.29 is 38.7 Å². The van der Waals surface area contributed by atoms with E-state index in [4.69, 9.17) is 18.9 Å². The molecule has 0 unspecified atom stereocenters. The minimum atomic E-state index is -0.237. The van der Waals surface area contributed by atoms with Gasteiger partial charge in [0.25, 0.3) is 0 Å². The van der Waals surface area contributed by atoms with Crippen LogP contribution in [-0.2, 0) is 52.2 Å². The molecule has 8 nitrogen and oxygen atoms in total.